The number of hydrogen-bond donors (Lipinski definition) is 0. The summed E-state index contributed by atoms with van der Waals surface area (Å²) in [5.74, 6) is -0.634. The number of ether oxygens (including phenoxy) is 2. The normalized spacial score (nSPS) is 11.3. The van der Waals surface area contributed by atoms with Gasteiger partial charge in [-0.25, -0.2) is 4.79 Å². The Kier molecular flexibility index (Phi) is 10.6. The molecule has 0 bridgehead atoms. The van der Waals surface area contributed by atoms with Crippen LogP contribution in [0.2, 0.25) is 0 Å². The van der Waals surface area contributed by atoms with Gasteiger partial charge in [0.1, 0.15) is 13.2 Å². The van der Waals surface area contributed by atoms with Gasteiger partial charge in [-0.15, -0.1) is 0 Å². The largest absolute Gasteiger partial charge is 0.464 e. The average molecular weight is 286 g/mol. The minimum atomic E-state index is -0.382. The summed E-state index contributed by atoms with van der Waals surface area (Å²) in [5.41, 5.74) is 0. The van der Waals surface area contributed by atoms with Crippen LogP contribution < -0.4 is 0 Å². The van der Waals surface area contributed by atoms with Crippen molar-refractivity contribution >= 4 is 11.9 Å². The van der Waals surface area contributed by atoms with Crippen molar-refractivity contribution in [1.29, 1.82) is 0 Å². The molecule has 6 nitrogen and oxygen atoms in total. The van der Waals surface area contributed by atoms with E-state index in [0.717, 1.165) is 0 Å². The molecule has 0 N–H and O–H groups in total. The molecule has 0 aliphatic rings. The minimum absolute atomic E-state index is 0.252. The lowest BCUT2D eigenvalue weighted by Gasteiger charge is -2.09. The van der Waals surface area contributed by atoms with Crippen molar-refractivity contribution in [3.05, 3.63) is 12.2 Å². The van der Waals surface area contributed by atoms with Gasteiger partial charge in [-0.2, -0.15) is 0 Å². The van der Waals surface area contributed by atoms with E-state index < -0.39 is 0 Å². The van der Waals surface area contributed by atoms with Gasteiger partial charge in [-0.3, -0.25) is 4.79 Å². The summed E-state index contributed by atoms with van der Waals surface area (Å²) in [4.78, 5) is 26.5. The molecule has 0 aliphatic carbocycles. The predicted molar refractivity (Wildman–Crippen MR) is 77.4 cm³/mol. The van der Waals surface area contributed by atoms with Crippen LogP contribution in [0.25, 0.3) is 0 Å². The summed E-state index contributed by atoms with van der Waals surface area (Å²) in [6.07, 6.45) is 3.73. The first kappa shape index (κ1) is 18.6. The molecule has 0 spiro atoms. The fourth-order valence-corrected chi connectivity index (χ4v) is 1.17. The Morgan fingerprint density at radius 2 is 1.50 bits per heavy atom. The van der Waals surface area contributed by atoms with Crippen LogP contribution in [0.15, 0.2) is 12.2 Å². The van der Waals surface area contributed by atoms with Gasteiger partial charge in [-0.05, 0) is 34.6 Å². The van der Waals surface area contributed by atoms with Crippen LogP contribution in [0, 0.1) is 0 Å². The number of carbonyl (C=O) groups excluding carboxylic acids is 2. The maximum absolute atomic E-state index is 11.3. The molecular formula is C14H26N2O4. The van der Waals surface area contributed by atoms with Gasteiger partial charge in [0.05, 0.1) is 0 Å². The summed E-state index contributed by atoms with van der Waals surface area (Å²) < 4.78 is 9.98. The lowest BCUT2D eigenvalue weighted by atomic mass is 10.3. The lowest BCUT2D eigenvalue weighted by Crippen LogP contribution is -2.20. The van der Waals surface area contributed by atoms with Crippen LogP contribution in [0.5, 0.6) is 0 Å². The molecule has 0 aromatic rings. The van der Waals surface area contributed by atoms with Gasteiger partial charge >= 0.3 is 11.9 Å². The Bertz CT molecular complexity index is 314. The Labute approximate surface area is 121 Å². The van der Waals surface area contributed by atoms with Crippen LogP contribution in [0.1, 0.15) is 12.8 Å². The third-order valence-electron chi connectivity index (χ3n) is 2.35. The highest BCUT2D eigenvalue weighted by Crippen LogP contribution is 1.95. The standard InChI is InChI=1S/C14H26N2O4/c1-15(2)9-11-19-13(17)7-5-6-8-14(18)20-12-10-16(3)4/h5,7H,6,8-12H2,1-4H3/b7-5+. The van der Waals surface area contributed by atoms with E-state index in [1.807, 2.05) is 38.0 Å². The molecule has 0 aromatic carbocycles. The molecule has 0 rings (SSSR count). The smallest absolute Gasteiger partial charge is 0.330 e. The summed E-state index contributed by atoms with van der Waals surface area (Å²) >= 11 is 0. The topological polar surface area (TPSA) is 59.1 Å². The molecule has 6 heteroatoms. The molecular weight excluding hydrogens is 260 g/mol. The first-order chi connectivity index (χ1) is 9.41. The summed E-state index contributed by atoms with van der Waals surface area (Å²) in [6, 6.07) is 0. The van der Waals surface area contributed by atoms with Gasteiger partial charge in [0.15, 0.2) is 0 Å². The van der Waals surface area contributed by atoms with E-state index in [9.17, 15) is 9.59 Å². The molecule has 116 valence electrons. The molecule has 0 unspecified atom stereocenters. The maximum Gasteiger partial charge on any atom is 0.330 e. The molecule has 0 atom stereocenters. The first-order valence-corrected chi connectivity index (χ1v) is 6.70. The highest BCUT2D eigenvalue weighted by Gasteiger charge is 2.02. The van der Waals surface area contributed by atoms with Crippen LogP contribution in [-0.4, -0.2) is 76.2 Å². The van der Waals surface area contributed by atoms with E-state index in [4.69, 9.17) is 9.47 Å². The van der Waals surface area contributed by atoms with Crippen molar-refractivity contribution in [3.63, 3.8) is 0 Å². The molecule has 0 saturated carbocycles. The Balaban J connectivity index is 3.59. The first-order valence-electron chi connectivity index (χ1n) is 6.70. The molecule has 0 radical (unpaired) electrons. The molecule has 0 heterocycles. The van der Waals surface area contributed by atoms with Gasteiger partial charge < -0.3 is 19.3 Å². The molecule has 0 fully saturated rings. The number of esters is 2. The Hall–Kier alpha value is -1.40. The highest BCUT2D eigenvalue weighted by atomic mass is 16.5. The zero-order valence-corrected chi connectivity index (χ0v) is 12.9. The van der Waals surface area contributed by atoms with Crippen molar-refractivity contribution in [2.75, 3.05) is 54.5 Å². The fourth-order valence-electron chi connectivity index (χ4n) is 1.17. The Morgan fingerprint density at radius 3 is 2.05 bits per heavy atom. The SMILES string of the molecule is CN(C)CCOC(=O)/C=C/CCC(=O)OCCN(C)C. The van der Waals surface area contributed by atoms with Crippen LogP contribution in [-0.2, 0) is 19.1 Å². The molecule has 0 saturated heterocycles. The lowest BCUT2D eigenvalue weighted by molar-refractivity contribution is -0.144. The number of rotatable bonds is 10. The molecule has 0 amide bonds. The number of allylic oxidation sites excluding steroid dienone is 1. The zero-order valence-electron chi connectivity index (χ0n) is 12.9. The quantitative estimate of drug-likeness (QED) is 0.431. The third kappa shape index (κ3) is 13.0. The number of carbonyl (C=O) groups is 2. The summed E-state index contributed by atoms with van der Waals surface area (Å²) in [7, 11) is 7.65. The van der Waals surface area contributed by atoms with Crippen LogP contribution in [0.4, 0.5) is 0 Å². The van der Waals surface area contributed by atoms with Crippen molar-refractivity contribution in [3.8, 4) is 0 Å². The predicted octanol–water partition coefficient (Wildman–Crippen LogP) is 0.532. The van der Waals surface area contributed by atoms with Crippen LogP contribution >= 0.6 is 0 Å². The van der Waals surface area contributed by atoms with E-state index in [1.165, 1.54) is 6.08 Å². The number of likely N-dealkylation sites (N-methyl/N-ethyl adjacent to an activating group) is 2. The maximum atomic E-state index is 11.3. The van der Waals surface area contributed by atoms with Crippen molar-refractivity contribution < 1.29 is 19.1 Å². The molecule has 0 aliphatic heterocycles. The van der Waals surface area contributed by atoms with Crippen molar-refractivity contribution in [1.82, 2.24) is 9.80 Å². The van der Waals surface area contributed by atoms with Crippen molar-refractivity contribution in [2.45, 2.75) is 12.8 Å². The molecule has 20 heavy (non-hydrogen) atoms. The fraction of sp³-hybridized carbons (Fsp3) is 0.714. The second-order valence-electron chi connectivity index (χ2n) is 4.94. The Morgan fingerprint density at radius 1 is 0.950 bits per heavy atom. The van der Waals surface area contributed by atoms with E-state index in [0.29, 0.717) is 32.7 Å². The third-order valence-corrected chi connectivity index (χ3v) is 2.35. The number of nitrogens with zero attached hydrogens (tertiary/aromatic N) is 2. The minimum Gasteiger partial charge on any atom is -0.464 e. The second kappa shape index (κ2) is 11.4. The van der Waals surface area contributed by atoms with E-state index in [2.05, 4.69) is 0 Å². The zero-order chi connectivity index (χ0) is 15.4. The van der Waals surface area contributed by atoms with Gasteiger partial charge in [0.2, 0.25) is 0 Å². The van der Waals surface area contributed by atoms with Crippen LogP contribution in [0.3, 0.4) is 0 Å². The van der Waals surface area contributed by atoms with E-state index in [-0.39, 0.29) is 18.4 Å². The van der Waals surface area contributed by atoms with Crippen molar-refractivity contribution in [2.24, 2.45) is 0 Å². The summed E-state index contributed by atoms with van der Waals surface area (Å²) in [5, 5.41) is 0. The number of hydrogen-bond acceptors (Lipinski definition) is 6. The molecule has 0 aromatic heterocycles. The monoisotopic (exact) mass is 286 g/mol. The summed E-state index contributed by atoms with van der Waals surface area (Å²) in [6.45, 7) is 2.16. The van der Waals surface area contributed by atoms with E-state index >= 15 is 0 Å². The van der Waals surface area contributed by atoms with Gasteiger partial charge in [0, 0.05) is 25.6 Å². The highest BCUT2D eigenvalue weighted by molar-refractivity contribution is 5.82. The average Bonchev–Trinajstić information content (AvgIpc) is 2.33. The van der Waals surface area contributed by atoms with Gasteiger partial charge in [-0.1, -0.05) is 6.08 Å². The van der Waals surface area contributed by atoms with E-state index in [1.54, 1.807) is 6.08 Å². The van der Waals surface area contributed by atoms with Gasteiger partial charge in [0.25, 0.3) is 0 Å². The second-order valence-corrected chi connectivity index (χ2v) is 4.94.